The first-order chi connectivity index (χ1) is 12.5. The summed E-state index contributed by atoms with van der Waals surface area (Å²) in [5.41, 5.74) is -0.994. The highest BCUT2D eigenvalue weighted by Gasteiger charge is 2.49. The Kier molecular flexibility index (Phi) is 5.29. The van der Waals surface area contributed by atoms with Crippen LogP contribution in [0.5, 0.6) is 5.88 Å². The number of nitrogens with zero attached hydrogens (tertiary/aromatic N) is 3. The van der Waals surface area contributed by atoms with E-state index >= 15 is 0 Å². The third-order valence-corrected chi connectivity index (χ3v) is 4.63. The van der Waals surface area contributed by atoms with Crippen molar-refractivity contribution in [3.63, 3.8) is 0 Å². The summed E-state index contributed by atoms with van der Waals surface area (Å²) in [4.78, 5) is 21.5. The van der Waals surface area contributed by atoms with Crippen LogP contribution in [-0.4, -0.2) is 40.6 Å². The van der Waals surface area contributed by atoms with Crippen molar-refractivity contribution >= 4 is 11.9 Å². The second-order valence-electron chi connectivity index (χ2n) is 6.22. The molecule has 1 aliphatic heterocycles. The van der Waals surface area contributed by atoms with Crippen LogP contribution in [0.3, 0.4) is 0 Å². The summed E-state index contributed by atoms with van der Waals surface area (Å²) in [7, 11) is 0. The van der Waals surface area contributed by atoms with Crippen molar-refractivity contribution < 1.29 is 23.4 Å². The van der Waals surface area contributed by atoms with E-state index in [9.17, 15) is 18.7 Å². The Morgan fingerprint density at radius 1 is 1.23 bits per heavy atom. The van der Waals surface area contributed by atoms with E-state index in [1.54, 1.807) is 11.0 Å². The molecule has 138 valence electrons. The maximum absolute atomic E-state index is 13.2. The van der Waals surface area contributed by atoms with Crippen molar-refractivity contribution in [3.8, 4) is 5.88 Å². The van der Waals surface area contributed by atoms with Gasteiger partial charge in [0.1, 0.15) is 12.0 Å². The maximum atomic E-state index is 13.2. The molecule has 8 heteroatoms. The van der Waals surface area contributed by atoms with E-state index in [4.69, 9.17) is 4.74 Å². The highest BCUT2D eigenvalue weighted by atomic mass is 19.3. The summed E-state index contributed by atoms with van der Waals surface area (Å²) in [5.74, 6) is -0.723. The lowest BCUT2D eigenvalue weighted by atomic mass is 9.79. The van der Waals surface area contributed by atoms with Gasteiger partial charge in [-0.1, -0.05) is 30.3 Å². The first-order valence-electron chi connectivity index (χ1n) is 8.27. The molecule has 2 aromatic rings. The number of aliphatic carboxylic acids is 1. The monoisotopic (exact) mass is 363 g/mol. The van der Waals surface area contributed by atoms with Gasteiger partial charge in [0.2, 0.25) is 11.8 Å². The van der Waals surface area contributed by atoms with Gasteiger partial charge in [0.25, 0.3) is 6.43 Å². The molecule has 1 aliphatic rings. The van der Waals surface area contributed by atoms with E-state index in [1.807, 2.05) is 30.3 Å². The molecule has 1 N–H and O–H groups in total. The molecule has 0 amide bonds. The van der Waals surface area contributed by atoms with E-state index in [-0.39, 0.29) is 25.9 Å². The largest absolute Gasteiger partial charge is 0.481 e. The summed E-state index contributed by atoms with van der Waals surface area (Å²) in [6, 6.07) is 11.2. The Labute approximate surface area is 149 Å². The van der Waals surface area contributed by atoms with Gasteiger partial charge in [-0.15, -0.1) is 0 Å². The van der Waals surface area contributed by atoms with Crippen molar-refractivity contribution in [1.29, 1.82) is 0 Å². The Balaban J connectivity index is 1.65. The van der Waals surface area contributed by atoms with Gasteiger partial charge < -0.3 is 14.7 Å². The van der Waals surface area contributed by atoms with E-state index in [0.717, 1.165) is 5.56 Å². The topological polar surface area (TPSA) is 75.5 Å². The number of piperidine rings is 1. The molecule has 0 spiro atoms. The normalized spacial score (nSPS) is 16.5. The third kappa shape index (κ3) is 3.74. The average molecular weight is 363 g/mol. The standard InChI is InChI=1S/C18H19F2N3O3/c19-15(20)18(16(24)25)7-10-23(11-8-18)17-21-9-6-14(22-17)26-12-13-4-2-1-3-5-13/h1-6,9,15H,7-8,10-12H2,(H,24,25). The number of halogens is 2. The van der Waals surface area contributed by atoms with Crippen LogP contribution in [0, 0.1) is 5.41 Å². The summed E-state index contributed by atoms with van der Waals surface area (Å²) < 4.78 is 32.1. The SMILES string of the molecule is O=C(O)C1(C(F)F)CCN(c2nccc(OCc3ccccc3)n2)CC1. The Morgan fingerprint density at radius 3 is 2.54 bits per heavy atom. The van der Waals surface area contributed by atoms with Crippen molar-refractivity contribution in [2.24, 2.45) is 5.41 Å². The van der Waals surface area contributed by atoms with E-state index in [2.05, 4.69) is 9.97 Å². The van der Waals surface area contributed by atoms with Crippen LogP contribution in [0.4, 0.5) is 14.7 Å². The van der Waals surface area contributed by atoms with Crippen LogP contribution in [-0.2, 0) is 11.4 Å². The second kappa shape index (κ2) is 7.63. The Morgan fingerprint density at radius 2 is 1.92 bits per heavy atom. The van der Waals surface area contributed by atoms with Crippen LogP contribution >= 0.6 is 0 Å². The number of alkyl halides is 2. The first-order valence-corrected chi connectivity index (χ1v) is 8.27. The number of aromatic nitrogens is 2. The average Bonchev–Trinajstić information content (AvgIpc) is 2.67. The van der Waals surface area contributed by atoms with Crippen molar-refractivity contribution in [1.82, 2.24) is 9.97 Å². The van der Waals surface area contributed by atoms with Gasteiger partial charge in [-0.2, -0.15) is 4.98 Å². The predicted octanol–water partition coefficient (Wildman–Crippen LogP) is 2.99. The summed E-state index contributed by atoms with van der Waals surface area (Å²) in [6.45, 7) is 0.655. The highest BCUT2D eigenvalue weighted by molar-refractivity contribution is 5.75. The van der Waals surface area contributed by atoms with Crippen LogP contribution in [0.2, 0.25) is 0 Å². The summed E-state index contributed by atoms with van der Waals surface area (Å²) in [5, 5.41) is 9.19. The molecule has 1 aromatic heterocycles. The quantitative estimate of drug-likeness (QED) is 0.850. The van der Waals surface area contributed by atoms with Crippen molar-refractivity contribution in [3.05, 3.63) is 48.2 Å². The van der Waals surface area contributed by atoms with Crippen molar-refractivity contribution in [2.45, 2.75) is 25.9 Å². The van der Waals surface area contributed by atoms with Gasteiger partial charge in [-0.25, -0.2) is 13.8 Å². The molecule has 0 saturated carbocycles. The number of benzene rings is 1. The predicted molar refractivity (Wildman–Crippen MR) is 90.3 cm³/mol. The lowest BCUT2D eigenvalue weighted by molar-refractivity contribution is -0.161. The molecule has 6 nitrogen and oxygen atoms in total. The molecular weight excluding hydrogens is 344 g/mol. The molecule has 1 aromatic carbocycles. The zero-order valence-electron chi connectivity index (χ0n) is 14.0. The Bertz CT molecular complexity index is 750. The number of ether oxygens (including phenoxy) is 1. The maximum Gasteiger partial charge on any atom is 0.315 e. The minimum atomic E-state index is -2.90. The fourth-order valence-electron chi connectivity index (χ4n) is 2.93. The van der Waals surface area contributed by atoms with Crippen LogP contribution in [0.25, 0.3) is 0 Å². The lowest BCUT2D eigenvalue weighted by Crippen LogP contribution is -2.48. The van der Waals surface area contributed by atoms with Gasteiger partial charge in [0, 0.05) is 25.4 Å². The van der Waals surface area contributed by atoms with Crippen LogP contribution in [0.1, 0.15) is 18.4 Å². The first kappa shape index (κ1) is 18.0. The van der Waals surface area contributed by atoms with Crippen LogP contribution in [0.15, 0.2) is 42.6 Å². The number of carboxylic acids is 1. The number of carboxylic acid groups (broad SMARTS) is 1. The molecule has 0 atom stereocenters. The van der Waals surface area contributed by atoms with E-state index in [1.165, 1.54) is 6.20 Å². The minimum absolute atomic E-state index is 0.152. The van der Waals surface area contributed by atoms with Crippen LogP contribution < -0.4 is 9.64 Å². The highest BCUT2D eigenvalue weighted by Crippen LogP contribution is 2.38. The summed E-state index contributed by atoms with van der Waals surface area (Å²) >= 11 is 0. The summed E-state index contributed by atoms with van der Waals surface area (Å²) in [6.07, 6.45) is -1.67. The van der Waals surface area contributed by atoms with Gasteiger partial charge in [0.15, 0.2) is 0 Å². The van der Waals surface area contributed by atoms with Gasteiger partial charge >= 0.3 is 5.97 Å². The molecule has 1 fully saturated rings. The lowest BCUT2D eigenvalue weighted by Gasteiger charge is -2.38. The molecule has 2 heterocycles. The molecule has 0 aliphatic carbocycles. The number of hydrogen-bond donors (Lipinski definition) is 1. The molecule has 0 bridgehead atoms. The molecule has 26 heavy (non-hydrogen) atoms. The number of hydrogen-bond acceptors (Lipinski definition) is 5. The molecule has 0 unspecified atom stereocenters. The van der Waals surface area contributed by atoms with E-state index in [0.29, 0.717) is 18.4 Å². The fraction of sp³-hybridized carbons (Fsp3) is 0.389. The number of rotatable bonds is 6. The number of anilines is 1. The third-order valence-electron chi connectivity index (χ3n) is 4.63. The molecule has 1 saturated heterocycles. The smallest absolute Gasteiger partial charge is 0.315 e. The van der Waals surface area contributed by atoms with Gasteiger partial charge in [0.05, 0.1) is 0 Å². The zero-order valence-corrected chi connectivity index (χ0v) is 14.0. The fourth-order valence-corrected chi connectivity index (χ4v) is 2.93. The molecular formula is C18H19F2N3O3. The number of carbonyl (C=O) groups is 1. The minimum Gasteiger partial charge on any atom is -0.481 e. The van der Waals surface area contributed by atoms with Gasteiger partial charge in [-0.05, 0) is 18.4 Å². The zero-order chi connectivity index (χ0) is 18.6. The molecule has 3 rings (SSSR count). The van der Waals surface area contributed by atoms with Gasteiger partial charge in [-0.3, -0.25) is 4.79 Å². The second-order valence-corrected chi connectivity index (χ2v) is 6.22. The Hall–Kier alpha value is -2.77. The van der Waals surface area contributed by atoms with Crippen molar-refractivity contribution in [2.75, 3.05) is 18.0 Å². The molecule has 0 radical (unpaired) electrons. The van der Waals surface area contributed by atoms with E-state index < -0.39 is 17.8 Å².